The summed E-state index contributed by atoms with van der Waals surface area (Å²) < 4.78 is 6.56. The fourth-order valence-electron chi connectivity index (χ4n) is 4.66. The van der Waals surface area contributed by atoms with Crippen LogP contribution in [-0.2, 0) is 4.74 Å². The van der Waals surface area contributed by atoms with Crippen molar-refractivity contribution >= 4 is 11.4 Å². The molecule has 3 heteroatoms. The first kappa shape index (κ1) is 31.2. The van der Waals surface area contributed by atoms with Gasteiger partial charge in [-0.3, -0.25) is 0 Å². The maximum absolute atomic E-state index is 6.56. The minimum atomic E-state index is -0.0266. The summed E-state index contributed by atoms with van der Waals surface area (Å²) in [6, 6.07) is 18.4. The maximum Gasteiger partial charge on any atom is 0.108 e. The van der Waals surface area contributed by atoms with E-state index in [1.54, 1.807) is 0 Å². The van der Waals surface area contributed by atoms with Crippen LogP contribution in [0.25, 0.3) is 0 Å². The van der Waals surface area contributed by atoms with E-state index in [1.165, 1.54) is 73.9 Å². The molecule has 0 spiro atoms. The molecule has 0 bridgehead atoms. The second-order valence-corrected chi connectivity index (χ2v) is 11.0. The van der Waals surface area contributed by atoms with Crippen molar-refractivity contribution in [1.29, 1.82) is 0 Å². The molecule has 2 aromatic rings. The van der Waals surface area contributed by atoms with E-state index in [4.69, 9.17) is 4.74 Å². The Morgan fingerprint density at radius 2 is 0.919 bits per heavy atom. The summed E-state index contributed by atoms with van der Waals surface area (Å²) >= 11 is 0. The largest absolute Gasteiger partial charge is 0.372 e. The smallest absolute Gasteiger partial charge is 0.108 e. The Hall–Kier alpha value is -2.00. The Bertz CT molecular complexity index is 735. The van der Waals surface area contributed by atoms with Gasteiger partial charge in [0.2, 0.25) is 0 Å². The molecule has 0 amide bonds. The van der Waals surface area contributed by atoms with Gasteiger partial charge in [-0.15, -0.1) is 0 Å². The molecule has 2 aromatic carbocycles. The summed E-state index contributed by atoms with van der Waals surface area (Å²) in [5.41, 5.74) is 5.17. The average Bonchev–Trinajstić information content (AvgIpc) is 2.92. The van der Waals surface area contributed by atoms with Crippen LogP contribution in [0.15, 0.2) is 48.5 Å². The monoisotopic (exact) mass is 508 g/mol. The van der Waals surface area contributed by atoms with Gasteiger partial charge in [-0.1, -0.05) is 91.5 Å². The molecule has 0 saturated heterocycles. The van der Waals surface area contributed by atoms with Crippen LogP contribution in [0.3, 0.4) is 0 Å². The van der Waals surface area contributed by atoms with Crippen molar-refractivity contribution in [2.75, 3.05) is 42.6 Å². The number of ether oxygens (including phenoxy) is 1. The van der Waals surface area contributed by atoms with E-state index in [9.17, 15) is 0 Å². The number of unbranched alkanes of at least 4 members (excludes halogenated alkanes) is 4. The van der Waals surface area contributed by atoms with Gasteiger partial charge in [0.25, 0.3) is 0 Å². The molecule has 0 atom stereocenters. The third kappa shape index (κ3) is 11.1. The summed E-state index contributed by atoms with van der Waals surface area (Å²) in [6.07, 6.45) is 11.0. The minimum absolute atomic E-state index is 0.0266. The first-order valence-electron chi connectivity index (χ1n) is 15.3. The number of benzene rings is 2. The van der Waals surface area contributed by atoms with Crippen molar-refractivity contribution in [3.63, 3.8) is 0 Å². The van der Waals surface area contributed by atoms with Gasteiger partial charge in [-0.05, 0) is 73.4 Å². The van der Waals surface area contributed by atoms with Crippen LogP contribution >= 0.6 is 0 Å². The molecule has 0 aliphatic rings. The maximum atomic E-state index is 6.56. The van der Waals surface area contributed by atoms with E-state index < -0.39 is 0 Å². The molecule has 2 rings (SSSR count). The highest BCUT2D eigenvalue weighted by molar-refractivity contribution is 5.51. The molecule has 0 N–H and O–H groups in total. The summed E-state index contributed by atoms with van der Waals surface area (Å²) in [6.45, 7) is 19.0. The van der Waals surface area contributed by atoms with Crippen LogP contribution in [-0.4, -0.2) is 32.8 Å². The highest BCUT2D eigenvalue weighted by atomic mass is 16.5. The lowest BCUT2D eigenvalue weighted by Gasteiger charge is -2.27. The summed E-state index contributed by atoms with van der Waals surface area (Å²) in [5.74, 6) is 0.641. The number of hydrogen-bond donors (Lipinski definition) is 0. The van der Waals surface area contributed by atoms with E-state index in [1.807, 2.05) is 0 Å². The number of hydrogen-bond acceptors (Lipinski definition) is 3. The van der Waals surface area contributed by atoms with Crippen LogP contribution in [0.5, 0.6) is 0 Å². The van der Waals surface area contributed by atoms with Gasteiger partial charge >= 0.3 is 0 Å². The summed E-state index contributed by atoms with van der Waals surface area (Å²) in [7, 11) is 0. The minimum Gasteiger partial charge on any atom is -0.372 e. The third-order valence-corrected chi connectivity index (χ3v) is 7.23. The number of nitrogens with zero attached hydrogens (tertiary/aromatic N) is 2. The van der Waals surface area contributed by atoms with E-state index >= 15 is 0 Å². The van der Waals surface area contributed by atoms with Crippen LogP contribution in [0.2, 0.25) is 0 Å². The zero-order valence-corrected chi connectivity index (χ0v) is 25.0. The topological polar surface area (TPSA) is 15.7 Å². The molecule has 3 nitrogen and oxygen atoms in total. The molecule has 0 aliphatic carbocycles. The molecule has 37 heavy (non-hydrogen) atoms. The van der Waals surface area contributed by atoms with Gasteiger partial charge in [0.15, 0.2) is 0 Å². The van der Waals surface area contributed by atoms with E-state index in [0.29, 0.717) is 5.92 Å². The first-order chi connectivity index (χ1) is 18.0. The summed E-state index contributed by atoms with van der Waals surface area (Å²) in [5, 5.41) is 0. The van der Waals surface area contributed by atoms with Crippen molar-refractivity contribution in [2.24, 2.45) is 5.92 Å². The zero-order chi connectivity index (χ0) is 26.9. The Morgan fingerprint density at radius 1 is 0.568 bits per heavy atom. The van der Waals surface area contributed by atoms with Gasteiger partial charge in [0.05, 0.1) is 0 Å². The average molecular weight is 509 g/mol. The molecular formula is C34H56N2O. The lowest BCUT2D eigenvalue weighted by atomic mass is 10.00. The Balaban J connectivity index is 2.26. The highest BCUT2D eigenvalue weighted by Gasteiger charge is 2.17. The highest BCUT2D eigenvalue weighted by Crippen LogP contribution is 2.30. The fraction of sp³-hybridized carbons (Fsp3) is 0.647. The predicted molar refractivity (Wildman–Crippen MR) is 164 cm³/mol. The van der Waals surface area contributed by atoms with Gasteiger partial charge in [0.1, 0.15) is 6.10 Å². The van der Waals surface area contributed by atoms with Gasteiger partial charge in [-0.2, -0.15) is 0 Å². The first-order valence-corrected chi connectivity index (χ1v) is 15.3. The van der Waals surface area contributed by atoms with E-state index in [-0.39, 0.29) is 6.10 Å². The molecule has 0 heterocycles. The standard InChI is InChI=1S/C34H56N2O/c1-7-11-24-35(25-12-8-2)32-19-15-30(16-20-32)34(37-28-23-29(5)6)31-17-21-33(22-18-31)36(26-13-9-3)27-14-10-4/h15-22,29,34H,7-14,23-28H2,1-6H3. The third-order valence-electron chi connectivity index (χ3n) is 7.23. The van der Waals surface area contributed by atoms with Crippen molar-refractivity contribution in [2.45, 2.75) is 105 Å². The quantitative estimate of drug-likeness (QED) is 0.177. The van der Waals surface area contributed by atoms with Crippen LogP contribution in [0.4, 0.5) is 11.4 Å². The zero-order valence-electron chi connectivity index (χ0n) is 25.0. The molecule has 0 saturated carbocycles. The fourth-order valence-corrected chi connectivity index (χ4v) is 4.66. The molecule has 0 unspecified atom stereocenters. The van der Waals surface area contributed by atoms with Crippen molar-refractivity contribution < 1.29 is 4.74 Å². The van der Waals surface area contributed by atoms with E-state index in [0.717, 1.165) is 39.2 Å². The van der Waals surface area contributed by atoms with Gasteiger partial charge in [-0.25, -0.2) is 0 Å². The molecule has 0 radical (unpaired) electrons. The number of rotatable bonds is 20. The van der Waals surface area contributed by atoms with Crippen molar-refractivity contribution in [3.05, 3.63) is 59.7 Å². The molecule has 0 fully saturated rings. The SMILES string of the molecule is CCCCN(CCCC)c1ccc(C(OCCC(C)C)c2ccc(N(CCCC)CCCC)cc2)cc1. The Labute approximate surface area is 229 Å². The van der Waals surface area contributed by atoms with Crippen LogP contribution in [0.1, 0.15) is 117 Å². The number of anilines is 2. The Kier molecular flexibility index (Phi) is 15.4. The van der Waals surface area contributed by atoms with Gasteiger partial charge < -0.3 is 14.5 Å². The second-order valence-electron chi connectivity index (χ2n) is 11.0. The molecule has 0 aromatic heterocycles. The van der Waals surface area contributed by atoms with Crippen molar-refractivity contribution in [1.82, 2.24) is 0 Å². The van der Waals surface area contributed by atoms with Gasteiger partial charge in [0, 0.05) is 44.2 Å². The van der Waals surface area contributed by atoms with Crippen LogP contribution in [0, 0.1) is 5.92 Å². The second kappa shape index (κ2) is 18.3. The molecular weight excluding hydrogens is 452 g/mol. The predicted octanol–water partition coefficient (Wildman–Crippen LogP) is 9.65. The normalized spacial score (nSPS) is 11.5. The summed E-state index contributed by atoms with van der Waals surface area (Å²) in [4.78, 5) is 5.11. The Morgan fingerprint density at radius 3 is 1.22 bits per heavy atom. The lowest BCUT2D eigenvalue weighted by molar-refractivity contribution is 0.0720. The van der Waals surface area contributed by atoms with Crippen LogP contribution < -0.4 is 9.80 Å². The lowest BCUT2D eigenvalue weighted by Crippen LogP contribution is -2.25. The van der Waals surface area contributed by atoms with Crippen molar-refractivity contribution in [3.8, 4) is 0 Å². The molecule has 0 aliphatic heterocycles. The van der Waals surface area contributed by atoms with E-state index in [2.05, 4.69) is 99.9 Å². The molecule has 208 valence electrons.